The summed E-state index contributed by atoms with van der Waals surface area (Å²) in [5, 5.41) is 10.9. The maximum Gasteiger partial charge on any atom is 0.206 e. The van der Waals surface area contributed by atoms with Crippen molar-refractivity contribution in [3.05, 3.63) is 61.3 Å². The standard InChI is InChI=1S/C17H16BrN3S2/c1-12(2)20-17-21(19-9-13-7-8-22-10-13)16(11-23-17)14-3-5-15(18)6-4-14/h3-12H,1-2H3. The molecule has 0 saturated heterocycles. The molecule has 0 aliphatic rings. The SMILES string of the molecule is CC(C)N=c1scc(-c2ccc(Br)cc2)n1N=Cc1ccsc1. The van der Waals surface area contributed by atoms with Crippen molar-refractivity contribution in [1.29, 1.82) is 0 Å². The summed E-state index contributed by atoms with van der Waals surface area (Å²) in [5.74, 6) is 0. The second-order valence-electron chi connectivity index (χ2n) is 5.25. The predicted molar refractivity (Wildman–Crippen MR) is 103 cm³/mol. The summed E-state index contributed by atoms with van der Waals surface area (Å²) >= 11 is 6.76. The van der Waals surface area contributed by atoms with Gasteiger partial charge in [0.25, 0.3) is 0 Å². The van der Waals surface area contributed by atoms with Crippen LogP contribution in [0.5, 0.6) is 0 Å². The van der Waals surface area contributed by atoms with Crippen LogP contribution in [0.15, 0.2) is 61.0 Å². The Bertz CT molecular complexity index is 856. The fraction of sp³-hybridized carbons (Fsp3) is 0.176. The molecular formula is C17H16BrN3S2. The molecule has 1 aromatic carbocycles. The molecule has 0 saturated carbocycles. The van der Waals surface area contributed by atoms with Crippen LogP contribution in [0.3, 0.4) is 0 Å². The lowest BCUT2D eigenvalue weighted by Gasteiger charge is -2.04. The van der Waals surface area contributed by atoms with Crippen LogP contribution in [0.1, 0.15) is 19.4 Å². The molecule has 2 heterocycles. The minimum absolute atomic E-state index is 0.231. The average Bonchev–Trinajstić information content (AvgIpc) is 3.15. The van der Waals surface area contributed by atoms with Crippen molar-refractivity contribution >= 4 is 44.8 Å². The molecule has 23 heavy (non-hydrogen) atoms. The summed E-state index contributed by atoms with van der Waals surface area (Å²) in [6.07, 6.45) is 1.88. The second kappa shape index (κ2) is 7.38. The average molecular weight is 406 g/mol. The van der Waals surface area contributed by atoms with Gasteiger partial charge < -0.3 is 0 Å². The normalized spacial score (nSPS) is 12.6. The topological polar surface area (TPSA) is 29.6 Å². The lowest BCUT2D eigenvalue weighted by Crippen LogP contribution is -2.14. The van der Waals surface area contributed by atoms with Gasteiger partial charge in [0.05, 0.1) is 11.9 Å². The van der Waals surface area contributed by atoms with Gasteiger partial charge >= 0.3 is 0 Å². The number of rotatable bonds is 4. The molecule has 0 bridgehead atoms. The van der Waals surface area contributed by atoms with Crippen LogP contribution in [-0.4, -0.2) is 16.9 Å². The Morgan fingerprint density at radius 1 is 1.13 bits per heavy atom. The third-order valence-electron chi connectivity index (χ3n) is 3.06. The molecule has 0 fully saturated rings. The fourth-order valence-electron chi connectivity index (χ4n) is 2.01. The molecule has 0 amide bonds. The van der Waals surface area contributed by atoms with Gasteiger partial charge in [-0.05, 0) is 42.8 Å². The van der Waals surface area contributed by atoms with E-state index in [1.165, 1.54) is 0 Å². The maximum absolute atomic E-state index is 4.68. The lowest BCUT2D eigenvalue weighted by molar-refractivity contribution is 0.755. The molecule has 2 aromatic heterocycles. The van der Waals surface area contributed by atoms with Gasteiger partial charge in [-0.25, -0.2) is 4.68 Å². The number of nitrogens with zero attached hydrogens (tertiary/aromatic N) is 3. The zero-order valence-electron chi connectivity index (χ0n) is 12.8. The molecule has 3 nitrogen and oxygen atoms in total. The van der Waals surface area contributed by atoms with Crippen molar-refractivity contribution in [2.24, 2.45) is 10.1 Å². The molecule has 0 unspecified atom stereocenters. The van der Waals surface area contributed by atoms with Gasteiger partial charge in [0, 0.05) is 27.0 Å². The van der Waals surface area contributed by atoms with Gasteiger partial charge in [0.15, 0.2) is 0 Å². The summed E-state index contributed by atoms with van der Waals surface area (Å²) < 4.78 is 2.99. The first-order chi connectivity index (χ1) is 11.1. The van der Waals surface area contributed by atoms with Crippen molar-refractivity contribution in [3.63, 3.8) is 0 Å². The first-order valence-electron chi connectivity index (χ1n) is 7.20. The largest absolute Gasteiger partial charge is 0.255 e. The third kappa shape index (κ3) is 4.07. The Labute approximate surface area is 151 Å². The molecule has 0 atom stereocenters. The van der Waals surface area contributed by atoms with Crippen LogP contribution in [0, 0.1) is 0 Å². The molecule has 0 radical (unpaired) electrons. The van der Waals surface area contributed by atoms with Gasteiger partial charge in [-0.2, -0.15) is 16.4 Å². The van der Waals surface area contributed by atoms with Crippen LogP contribution < -0.4 is 4.80 Å². The molecule has 3 aromatic rings. The molecule has 0 aliphatic carbocycles. The van der Waals surface area contributed by atoms with E-state index in [2.05, 4.69) is 74.2 Å². The fourth-order valence-corrected chi connectivity index (χ4v) is 3.86. The number of thiazole rings is 1. The van der Waals surface area contributed by atoms with Gasteiger partial charge in [-0.1, -0.05) is 28.1 Å². The number of thiophene rings is 1. The van der Waals surface area contributed by atoms with E-state index in [1.54, 1.807) is 22.7 Å². The Kier molecular flexibility index (Phi) is 5.25. The van der Waals surface area contributed by atoms with E-state index in [9.17, 15) is 0 Å². The van der Waals surface area contributed by atoms with Crippen molar-refractivity contribution < 1.29 is 0 Å². The molecule has 0 N–H and O–H groups in total. The van der Waals surface area contributed by atoms with Crippen molar-refractivity contribution in [2.75, 3.05) is 0 Å². The summed E-state index contributed by atoms with van der Waals surface area (Å²) in [6.45, 7) is 4.15. The molecule has 0 spiro atoms. The van der Waals surface area contributed by atoms with E-state index in [-0.39, 0.29) is 6.04 Å². The first-order valence-corrected chi connectivity index (χ1v) is 9.82. The third-order valence-corrected chi connectivity index (χ3v) is 5.12. The minimum Gasteiger partial charge on any atom is -0.255 e. The quantitative estimate of drug-likeness (QED) is 0.531. The van der Waals surface area contributed by atoms with Crippen LogP contribution in [0.25, 0.3) is 11.3 Å². The molecule has 0 aliphatic heterocycles. The Morgan fingerprint density at radius 3 is 2.57 bits per heavy atom. The molecule has 3 rings (SSSR count). The summed E-state index contributed by atoms with van der Waals surface area (Å²) in [5.41, 5.74) is 3.27. The number of hydrogen-bond donors (Lipinski definition) is 0. The van der Waals surface area contributed by atoms with E-state index in [0.29, 0.717) is 0 Å². The number of halogens is 1. The predicted octanol–water partition coefficient (Wildman–Crippen LogP) is 5.23. The zero-order chi connectivity index (χ0) is 16.2. The summed E-state index contributed by atoms with van der Waals surface area (Å²) in [4.78, 5) is 5.59. The number of hydrogen-bond acceptors (Lipinski definition) is 4. The van der Waals surface area contributed by atoms with Crippen molar-refractivity contribution in [3.8, 4) is 11.3 Å². The maximum atomic E-state index is 4.68. The van der Waals surface area contributed by atoms with Crippen LogP contribution >= 0.6 is 38.6 Å². The minimum atomic E-state index is 0.231. The van der Waals surface area contributed by atoms with Crippen LogP contribution in [-0.2, 0) is 0 Å². The van der Waals surface area contributed by atoms with Crippen molar-refractivity contribution in [1.82, 2.24) is 4.68 Å². The van der Waals surface area contributed by atoms with Gasteiger partial charge in [-0.15, -0.1) is 11.3 Å². The Hall–Kier alpha value is -1.50. The zero-order valence-corrected chi connectivity index (χ0v) is 16.0. The Balaban J connectivity index is 2.09. The van der Waals surface area contributed by atoms with E-state index in [1.807, 2.05) is 23.0 Å². The lowest BCUT2D eigenvalue weighted by atomic mass is 10.2. The highest BCUT2D eigenvalue weighted by Gasteiger charge is 2.07. The smallest absolute Gasteiger partial charge is 0.206 e. The highest BCUT2D eigenvalue weighted by atomic mass is 79.9. The summed E-state index contributed by atoms with van der Waals surface area (Å²) in [6, 6.07) is 10.5. The Morgan fingerprint density at radius 2 is 1.91 bits per heavy atom. The summed E-state index contributed by atoms with van der Waals surface area (Å²) in [7, 11) is 0. The van der Waals surface area contributed by atoms with Gasteiger partial charge in [-0.3, -0.25) is 4.99 Å². The molecule has 6 heteroatoms. The van der Waals surface area contributed by atoms with Crippen molar-refractivity contribution in [2.45, 2.75) is 19.9 Å². The molecule has 118 valence electrons. The number of aromatic nitrogens is 1. The second-order valence-corrected chi connectivity index (χ2v) is 7.78. The number of benzene rings is 1. The first kappa shape index (κ1) is 16.4. The van der Waals surface area contributed by atoms with Gasteiger partial charge in [0.1, 0.15) is 0 Å². The van der Waals surface area contributed by atoms with Crippen LogP contribution in [0.4, 0.5) is 0 Å². The van der Waals surface area contributed by atoms with Gasteiger partial charge in [0.2, 0.25) is 4.80 Å². The monoisotopic (exact) mass is 405 g/mol. The highest BCUT2D eigenvalue weighted by molar-refractivity contribution is 9.10. The van der Waals surface area contributed by atoms with Crippen LogP contribution in [0.2, 0.25) is 0 Å². The van der Waals surface area contributed by atoms with E-state index in [4.69, 9.17) is 0 Å². The van der Waals surface area contributed by atoms with E-state index in [0.717, 1.165) is 26.1 Å². The van der Waals surface area contributed by atoms with E-state index < -0.39 is 0 Å². The van der Waals surface area contributed by atoms with E-state index >= 15 is 0 Å². The molecular weight excluding hydrogens is 390 g/mol. The highest BCUT2D eigenvalue weighted by Crippen LogP contribution is 2.22.